The summed E-state index contributed by atoms with van der Waals surface area (Å²) in [5.41, 5.74) is 2.13. The van der Waals surface area contributed by atoms with Crippen molar-refractivity contribution in [3.05, 3.63) is 65.4 Å². The van der Waals surface area contributed by atoms with Gasteiger partial charge in [-0.2, -0.15) is 0 Å². The van der Waals surface area contributed by atoms with Crippen LogP contribution in [-0.2, 0) is 11.3 Å². The molecule has 1 aliphatic rings. The lowest BCUT2D eigenvalue weighted by atomic mass is 10.1. The van der Waals surface area contributed by atoms with Crippen LogP contribution in [0.4, 0.5) is 0 Å². The highest BCUT2D eigenvalue weighted by Gasteiger charge is 2.23. The number of morpholine rings is 1. The number of nitrogens with one attached hydrogen (secondary N) is 1. The third-order valence-corrected chi connectivity index (χ3v) is 6.07. The summed E-state index contributed by atoms with van der Waals surface area (Å²) in [6.45, 7) is 5.03. The first kappa shape index (κ1) is 20.0. The van der Waals surface area contributed by atoms with Gasteiger partial charge < -0.3 is 14.8 Å². The smallest absolute Gasteiger partial charge is 0.129 e. The van der Waals surface area contributed by atoms with Gasteiger partial charge in [0.2, 0.25) is 0 Å². The van der Waals surface area contributed by atoms with Crippen molar-refractivity contribution < 1.29 is 9.47 Å². The Morgan fingerprint density at radius 2 is 1.97 bits per heavy atom. The number of pyridine rings is 1. The molecular weight excluding hydrogens is 384 g/mol. The average molecular weight is 411 g/mol. The summed E-state index contributed by atoms with van der Waals surface area (Å²) in [6, 6.07) is 14.4. The molecule has 2 aromatic heterocycles. The zero-order valence-electron chi connectivity index (χ0n) is 16.6. The van der Waals surface area contributed by atoms with Crippen LogP contribution in [0.2, 0.25) is 0 Å². The molecule has 1 aliphatic heterocycles. The maximum atomic E-state index is 5.52. The number of nitrogens with zero attached hydrogens (tertiary/aromatic N) is 3. The van der Waals surface area contributed by atoms with E-state index >= 15 is 0 Å². The van der Waals surface area contributed by atoms with Gasteiger partial charge in [-0.25, -0.2) is 4.98 Å². The monoisotopic (exact) mass is 410 g/mol. The van der Waals surface area contributed by atoms with Gasteiger partial charge >= 0.3 is 0 Å². The van der Waals surface area contributed by atoms with Gasteiger partial charge in [0, 0.05) is 43.4 Å². The van der Waals surface area contributed by atoms with E-state index in [2.05, 4.69) is 32.3 Å². The average Bonchev–Trinajstić information content (AvgIpc) is 3.26. The van der Waals surface area contributed by atoms with Crippen molar-refractivity contribution in [2.24, 2.45) is 0 Å². The van der Waals surface area contributed by atoms with Crippen molar-refractivity contribution in [3.8, 4) is 16.3 Å². The maximum Gasteiger partial charge on any atom is 0.129 e. The van der Waals surface area contributed by atoms with Crippen LogP contribution in [0.25, 0.3) is 10.6 Å². The van der Waals surface area contributed by atoms with Crippen LogP contribution in [0, 0.1) is 0 Å². The Hall–Kier alpha value is -2.32. The minimum atomic E-state index is 0.238. The fourth-order valence-electron chi connectivity index (χ4n) is 3.55. The Morgan fingerprint density at radius 3 is 2.76 bits per heavy atom. The maximum absolute atomic E-state index is 5.52. The fraction of sp³-hybridized carbons (Fsp3) is 0.364. The number of ether oxygens (including phenoxy) is 2. The minimum Gasteiger partial charge on any atom is -0.496 e. The first-order valence-electron chi connectivity index (χ1n) is 9.86. The van der Waals surface area contributed by atoms with E-state index in [-0.39, 0.29) is 6.04 Å². The van der Waals surface area contributed by atoms with Crippen LogP contribution in [-0.4, -0.2) is 54.8 Å². The Labute approximate surface area is 175 Å². The largest absolute Gasteiger partial charge is 0.496 e. The first-order valence-corrected chi connectivity index (χ1v) is 10.7. The van der Waals surface area contributed by atoms with Crippen molar-refractivity contribution in [1.29, 1.82) is 0 Å². The van der Waals surface area contributed by atoms with E-state index in [0.717, 1.165) is 61.4 Å². The molecule has 3 heterocycles. The van der Waals surface area contributed by atoms with Crippen LogP contribution in [0.3, 0.4) is 0 Å². The van der Waals surface area contributed by atoms with E-state index in [9.17, 15) is 0 Å². The third kappa shape index (κ3) is 5.00. The number of rotatable bonds is 8. The molecule has 1 saturated heterocycles. The number of benzene rings is 1. The summed E-state index contributed by atoms with van der Waals surface area (Å²) < 4.78 is 11.0. The van der Waals surface area contributed by atoms with E-state index in [1.54, 1.807) is 18.4 Å². The number of thiazole rings is 1. The van der Waals surface area contributed by atoms with Crippen molar-refractivity contribution in [3.63, 3.8) is 0 Å². The molecule has 1 aromatic carbocycles. The summed E-state index contributed by atoms with van der Waals surface area (Å²) in [5.74, 6) is 0.851. The normalized spacial score (nSPS) is 15.9. The summed E-state index contributed by atoms with van der Waals surface area (Å²) in [5, 5.41) is 4.59. The predicted octanol–water partition coefficient (Wildman–Crippen LogP) is 3.38. The molecule has 4 rings (SSSR count). The van der Waals surface area contributed by atoms with Crippen molar-refractivity contribution in [2.45, 2.75) is 12.6 Å². The summed E-state index contributed by atoms with van der Waals surface area (Å²) in [4.78, 5) is 12.8. The van der Waals surface area contributed by atoms with Gasteiger partial charge in [0.25, 0.3) is 0 Å². The third-order valence-electron chi connectivity index (χ3n) is 5.04. The van der Waals surface area contributed by atoms with Gasteiger partial charge in [0.15, 0.2) is 0 Å². The lowest BCUT2D eigenvalue weighted by Gasteiger charge is -2.34. The quantitative estimate of drug-likeness (QED) is 0.614. The second-order valence-corrected chi connectivity index (χ2v) is 8.00. The molecule has 0 spiro atoms. The van der Waals surface area contributed by atoms with E-state index < -0.39 is 0 Å². The number of hydrogen-bond donors (Lipinski definition) is 1. The van der Waals surface area contributed by atoms with Gasteiger partial charge in [-0.1, -0.05) is 18.2 Å². The van der Waals surface area contributed by atoms with E-state index in [1.165, 1.54) is 4.88 Å². The SMILES string of the molecule is COc1ccccc1-c1ncc(CNCC(c2ccccn2)N2CCOCC2)s1. The number of para-hydroxylation sites is 1. The second kappa shape index (κ2) is 9.93. The van der Waals surface area contributed by atoms with E-state index in [0.29, 0.717) is 0 Å². The molecule has 0 bridgehead atoms. The van der Waals surface area contributed by atoms with Crippen molar-refractivity contribution in [1.82, 2.24) is 20.2 Å². The fourth-order valence-corrected chi connectivity index (χ4v) is 4.46. The van der Waals surface area contributed by atoms with Gasteiger partial charge in [-0.3, -0.25) is 9.88 Å². The van der Waals surface area contributed by atoms with Crippen LogP contribution >= 0.6 is 11.3 Å². The molecule has 1 unspecified atom stereocenters. The summed E-state index contributed by atoms with van der Waals surface area (Å²) in [6.07, 6.45) is 3.81. The molecule has 3 aromatic rings. The lowest BCUT2D eigenvalue weighted by molar-refractivity contribution is 0.0152. The molecular formula is C22H26N4O2S. The van der Waals surface area contributed by atoms with Gasteiger partial charge in [0.1, 0.15) is 10.8 Å². The number of aromatic nitrogens is 2. The molecule has 0 radical (unpaired) electrons. The van der Waals surface area contributed by atoms with Crippen LogP contribution in [0.1, 0.15) is 16.6 Å². The molecule has 0 aliphatic carbocycles. The van der Waals surface area contributed by atoms with E-state index in [4.69, 9.17) is 9.47 Å². The van der Waals surface area contributed by atoms with Gasteiger partial charge in [-0.15, -0.1) is 11.3 Å². The molecule has 6 nitrogen and oxygen atoms in total. The number of hydrogen-bond acceptors (Lipinski definition) is 7. The molecule has 1 atom stereocenters. The molecule has 7 heteroatoms. The highest BCUT2D eigenvalue weighted by molar-refractivity contribution is 7.15. The molecule has 1 fully saturated rings. The van der Waals surface area contributed by atoms with Crippen molar-refractivity contribution in [2.75, 3.05) is 40.0 Å². The van der Waals surface area contributed by atoms with Crippen molar-refractivity contribution >= 4 is 11.3 Å². The Morgan fingerprint density at radius 1 is 1.14 bits per heavy atom. The van der Waals surface area contributed by atoms with E-state index in [1.807, 2.05) is 42.7 Å². The standard InChI is InChI=1S/C22H26N4O2S/c1-27-21-8-3-2-6-18(21)22-25-15-17(29-22)14-23-16-20(19-7-4-5-9-24-19)26-10-12-28-13-11-26/h2-9,15,20,23H,10-14,16H2,1H3. The van der Waals surface area contributed by atoms with Crippen LogP contribution in [0.5, 0.6) is 5.75 Å². The molecule has 29 heavy (non-hydrogen) atoms. The Kier molecular flexibility index (Phi) is 6.84. The summed E-state index contributed by atoms with van der Waals surface area (Å²) >= 11 is 1.70. The topological polar surface area (TPSA) is 59.5 Å². The first-order chi connectivity index (χ1) is 14.3. The Bertz CT molecular complexity index is 897. The number of methoxy groups -OCH3 is 1. The second-order valence-electron chi connectivity index (χ2n) is 6.88. The highest BCUT2D eigenvalue weighted by Crippen LogP contribution is 2.32. The zero-order chi connectivity index (χ0) is 19.9. The van der Waals surface area contributed by atoms with Crippen LogP contribution in [0.15, 0.2) is 54.9 Å². The predicted molar refractivity (Wildman–Crippen MR) is 115 cm³/mol. The minimum absolute atomic E-state index is 0.238. The van der Waals surface area contributed by atoms with Crippen LogP contribution < -0.4 is 10.1 Å². The highest BCUT2D eigenvalue weighted by atomic mass is 32.1. The molecule has 0 saturated carbocycles. The van der Waals surface area contributed by atoms with Gasteiger partial charge in [0.05, 0.1) is 37.6 Å². The molecule has 1 N–H and O–H groups in total. The molecule has 152 valence electrons. The molecule has 0 amide bonds. The summed E-state index contributed by atoms with van der Waals surface area (Å²) in [7, 11) is 1.69. The van der Waals surface area contributed by atoms with Gasteiger partial charge in [-0.05, 0) is 24.3 Å². The lowest BCUT2D eigenvalue weighted by Crippen LogP contribution is -2.43. The zero-order valence-corrected chi connectivity index (χ0v) is 17.4. The Balaban J connectivity index is 1.41.